The van der Waals surface area contributed by atoms with Crippen LogP contribution in [0.5, 0.6) is 0 Å². The first-order valence-electron chi connectivity index (χ1n) is 9.33. The minimum Gasteiger partial charge on any atom is -0.340 e. The molecule has 1 heterocycles. The number of carbonyl (C=O) groups excluding carboxylic acids is 3. The minimum atomic E-state index is -1.17. The highest BCUT2D eigenvalue weighted by molar-refractivity contribution is 7.98. The number of benzene rings is 2. The van der Waals surface area contributed by atoms with E-state index in [1.54, 1.807) is 25.7 Å². The molecule has 1 aliphatic rings. The van der Waals surface area contributed by atoms with Crippen molar-refractivity contribution in [1.82, 2.24) is 15.1 Å². The van der Waals surface area contributed by atoms with Crippen molar-refractivity contribution in [2.45, 2.75) is 30.8 Å². The van der Waals surface area contributed by atoms with Gasteiger partial charge in [-0.1, -0.05) is 42.0 Å². The molecule has 0 saturated carbocycles. The first kappa shape index (κ1) is 20.9. The Balaban J connectivity index is 1.68. The molecule has 0 aromatic heterocycles. The van der Waals surface area contributed by atoms with E-state index in [9.17, 15) is 14.4 Å². The van der Waals surface area contributed by atoms with Crippen molar-refractivity contribution in [3.05, 3.63) is 65.2 Å². The van der Waals surface area contributed by atoms with Crippen LogP contribution in [0.15, 0.2) is 53.4 Å². The lowest BCUT2D eigenvalue weighted by Gasteiger charge is -2.23. The summed E-state index contributed by atoms with van der Waals surface area (Å²) in [7, 11) is 1.67. The van der Waals surface area contributed by atoms with Crippen LogP contribution in [0.3, 0.4) is 0 Å². The van der Waals surface area contributed by atoms with Crippen LogP contribution < -0.4 is 5.32 Å². The van der Waals surface area contributed by atoms with Crippen LogP contribution in [0, 0.1) is 6.92 Å². The van der Waals surface area contributed by atoms with E-state index in [1.165, 1.54) is 4.90 Å². The number of urea groups is 1. The molecular weight excluding hydrogens is 386 g/mol. The third-order valence-electron chi connectivity index (χ3n) is 5.20. The second kappa shape index (κ2) is 8.29. The lowest BCUT2D eigenvalue weighted by molar-refractivity contribution is -0.138. The van der Waals surface area contributed by atoms with Crippen LogP contribution in [-0.4, -0.2) is 47.5 Å². The van der Waals surface area contributed by atoms with Gasteiger partial charge in [0, 0.05) is 18.5 Å². The molecule has 1 fully saturated rings. The summed E-state index contributed by atoms with van der Waals surface area (Å²) in [5.74, 6) is -0.715. The van der Waals surface area contributed by atoms with E-state index in [2.05, 4.69) is 5.32 Å². The third-order valence-corrected chi connectivity index (χ3v) is 5.95. The average Bonchev–Trinajstić information content (AvgIpc) is 2.92. The Labute approximate surface area is 175 Å². The minimum absolute atomic E-state index is 0.286. The first-order chi connectivity index (χ1) is 13.7. The van der Waals surface area contributed by atoms with Gasteiger partial charge in [-0.2, -0.15) is 0 Å². The van der Waals surface area contributed by atoms with E-state index in [-0.39, 0.29) is 12.5 Å². The fourth-order valence-electron chi connectivity index (χ4n) is 3.27. The van der Waals surface area contributed by atoms with Crippen LogP contribution in [0.25, 0.3) is 0 Å². The fourth-order valence-corrected chi connectivity index (χ4v) is 3.68. The predicted molar refractivity (Wildman–Crippen MR) is 113 cm³/mol. The number of hydrogen-bond donors (Lipinski definition) is 1. The van der Waals surface area contributed by atoms with Gasteiger partial charge in [-0.3, -0.25) is 14.5 Å². The normalized spacial score (nSPS) is 18.7. The summed E-state index contributed by atoms with van der Waals surface area (Å²) < 4.78 is 0. The Morgan fingerprint density at radius 3 is 2.31 bits per heavy atom. The number of carbonyl (C=O) groups is 3. The molecule has 4 amide bonds. The van der Waals surface area contributed by atoms with Crippen molar-refractivity contribution >= 4 is 29.6 Å². The highest BCUT2D eigenvalue weighted by atomic mass is 32.2. The number of likely N-dealkylation sites (N-methyl/N-ethyl adjacent to an activating group) is 1. The summed E-state index contributed by atoms with van der Waals surface area (Å²) in [6.45, 7) is 3.74. The first-order valence-corrected chi connectivity index (χ1v) is 10.5. The molecule has 0 spiro atoms. The highest BCUT2D eigenvalue weighted by Gasteiger charge is 2.49. The zero-order valence-corrected chi connectivity index (χ0v) is 17.9. The molecular formula is C22H25N3O3S. The Morgan fingerprint density at radius 2 is 1.72 bits per heavy atom. The Bertz CT molecular complexity index is 927. The van der Waals surface area contributed by atoms with Crippen LogP contribution in [-0.2, 0) is 21.7 Å². The smallest absolute Gasteiger partial charge is 0.325 e. The van der Waals surface area contributed by atoms with E-state index in [1.807, 2.05) is 61.7 Å². The van der Waals surface area contributed by atoms with Gasteiger partial charge >= 0.3 is 6.03 Å². The predicted octanol–water partition coefficient (Wildman–Crippen LogP) is 3.14. The SMILES string of the molecule is CSc1ccc(CN(C)C(=O)CN2C(=O)NC(C)(c3ccc(C)cc3)C2=O)cc1. The van der Waals surface area contributed by atoms with Gasteiger partial charge in [-0.25, -0.2) is 4.79 Å². The molecule has 0 aliphatic carbocycles. The molecule has 0 bridgehead atoms. The summed E-state index contributed by atoms with van der Waals surface area (Å²) >= 11 is 1.65. The monoisotopic (exact) mass is 411 g/mol. The van der Waals surface area contributed by atoms with Gasteiger partial charge in [0.05, 0.1) is 0 Å². The molecule has 2 aromatic carbocycles. The van der Waals surface area contributed by atoms with E-state index >= 15 is 0 Å². The van der Waals surface area contributed by atoms with Crippen molar-refractivity contribution in [3.63, 3.8) is 0 Å². The molecule has 0 radical (unpaired) electrons. The average molecular weight is 412 g/mol. The summed E-state index contributed by atoms with van der Waals surface area (Å²) in [4.78, 5) is 41.8. The van der Waals surface area contributed by atoms with Crippen LogP contribution >= 0.6 is 11.8 Å². The topological polar surface area (TPSA) is 69.7 Å². The van der Waals surface area contributed by atoms with Gasteiger partial charge in [0.2, 0.25) is 5.91 Å². The second-order valence-corrected chi connectivity index (χ2v) is 8.29. The molecule has 1 unspecified atom stereocenters. The molecule has 7 heteroatoms. The molecule has 3 rings (SSSR count). The van der Waals surface area contributed by atoms with Gasteiger partial charge < -0.3 is 10.2 Å². The van der Waals surface area contributed by atoms with Crippen molar-refractivity contribution in [1.29, 1.82) is 0 Å². The van der Waals surface area contributed by atoms with Gasteiger partial charge in [-0.05, 0) is 43.4 Å². The second-order valence-electron chi connectivity index (χ2n) is 7.41. The molecule has 1 aliphatic heterocycles. The standard InChI is InChI=1S/C22H25N3O3S/c1-15-5-9-17(10-6-15)22(2)20(27)25(21(28)23-22)14-19(26)24(3)13-16-7-11-18(29-4)12-8-16/h5-12H,13-14H2,1-4H3,(H,23,28). The number of thioether (sulfide) groups is 1. The Hall–Kier alpha value is -2.80. The van der Waals surface area contributed by atoms with Crippen LogP contribution in [0.4, 0.5) is 4.79 Å². The molecule has 1 atom stereocenters. The molecule has 152 valence electrons. The van der Waals surface area contributed by atoms with Gasteiger partial charge in [-0.15, -0.1) is 11.8 Å². The summed E-state index contributed by atoms with van der Waals surface area (Å²) in [6, 6.07) is 14.8. The Kier molecular flexibility index (Phi) is 5.98. The molecule has 1 saturated heterocycles. The van der Waals surface area contributed by atoms with E-state index < -0.39 is 17.5 Å². The van der Waals surface area contributed by atoms with Crippen LogP contribution in [0.2, 0.25) is 0 Å². The van der Waals surface area contributed by atoms with Crippen molar-refractivity contribution in [2.24, 2.45) is 0 Å². The van der Waals surface area contributed by atoms with Crippen LogP contribution in [0.1, 0.15) is 23.6 Å². The highest BCUT2D eigenvalue weighted by Crippen LogP contribution is 2.29. The fraction of sp³-hybridized carbons (Fsp3) is 0.318. The largest absolute Gasteiger partial charge is 0.340 e. The number of amides is 4. The zero-order valence-electron chi connectivity index (χ0n) is 17.1. The van der Waals surface area contributed by atoms with Gasteiger partial charge in [0.1, 0.15) is 12.1 Å². The number of aryl methyl sites for hydroxylation is 1. The molecule has 1 N–H and O–H groups in total. The lowest BCUT2D eigenvalue weighted by Crippen LogP contribution is -2.43. The number of nitrogens with one attached hydrogen (secondary N) is 1. The molecule has 2 aromatic rings. The van der Waals surface area contributed by atoms with Crippen molar-refractivity contribution in [3.8, 4) is 0 Å². The van der Waals surface area contributed by atoms with E-state index in [0.717, 1.165) is 20.9 Å². The Morgan fingerprint density at radius 1 is 1.10 bits per heavy atom. The maximum atomic E-state index is 13.0. The van der Waals surface area contributed by atoms with E-state index in [0.29, 0.717) is 12.1 Å². The number of imide groups is 1. The summed E-state index contributed by atoms with van der Waals surface area (Å²) in [6.07, 6.45) is 2.01. The van der Waals surface area contributed by atoms with Gasteiger partial charge in [0.25, 0.3) is 5.91 Å². The van der Waals surface area contributed by atoms with E-state index in [4.69, 9.17) is 0 Å². The number of hydrogen-bond acceptors (Lipinski definition) is 4. The summed E-state index contributed by atoms with van der Waals surface area (Å²) in [5, 5.41) is 2.74. The lowest BCUT2D eigenvalue weighted by atomic mass is 9.91. The van der Waals surface area contributed by atoms with Gasteiger partial charge in [0.15, 0.2) is 0 Å². The zero-order chi connectivity index (χ0) is 21.2. The quantitative estimate of drug-likeness (QED) is 0.586. The maximum Gasteiger partial charge on any atom is 0.325 e. The molecule has 29 heavy (non-hydrogen) atoms. The van der Waals surface area contributed by atoms with Crippen molar-refractivity contribution < 1.29 is 14.4 Å². The van der Waals surface area contributed by atoms with Crippen molar-refractivity contribution in [2.75, 3.05) is 19.8 Å². The number of rotatable bonds is 6. The summed E-state index contributed by atoms with van der Waals surface area (Å²) in [5.41, 5.74) is 1.57. The molecule has 6 nitrogen and oxygen atoms in total. The maximum absolute atomic E-state index is 13.0. The number of nitrogens with zero attached hydrogens (tertiary/aromatic N) is 2. The third kappa shape index (κ3) is 4.29.